The maximum atomic E-state index is 13.0. The third-order valence-corrected chi connectivity index (χ3v) is 5.82. The molecule has 158 valence electrons. The SMILES string of the molecule is COCCN(Cc1csc(COc2ccc(C)c(C)c2)n1)C(=O)c1ccc(C)cc1. The Labute approximate surface area is 182 Å². The Kier molecular flexibility index (Phi) is 7.60. The molecule has 0 aliphatic rings. The van der Waals surface area contributed by atoms with Crippen LogP contribution in [0.15, 0.2) is 47.8 Å². The summed E-state index contributed by atoms with van der Waals surface area (Å²) in [6.45, 7) is 8.00. The lowest BCUT2D eigenvalue weighted by Gasteiger charge is -2.21. The number of carbonyl (C=O) groups is 1. The fourth-order valence-electron chi connectivity index (χ4n) is 2.96. The Morgan fingerprint density at radius 1 is 1.07 bits per heavy atom. The lowest BCUT2D eigenvalue weighted by atomic mass is 10.1. The van der Waals surface area contributed by atoms with Crippen molar-refractivity contribution in [3.8, 4) is 5.75 Å². The van der Waals surface area contributed by atoms with E-state index in [1.54, 1.807) is 23.3 Å². The van der Waals surface area contributed by atoms with Crippen LogP contribution < -0.4 is 4.74 Å². The van der Waals surface area contributed by atoms with Crippen LogP contribution in [0.3, 0.4) is 0 Å². The van der Waals surface area contributed by atoms with Crippen molar-refractivity contribution in [3.63, 3.8) is 0 Å². The van der Waals surface area contributed by atoms with Gasteiger partial charge in [0, 0.05) is 24.6 Å². The molecular formula is C24H28N2O3S. The standard InChI is InChI=1S/C24H28N2O3S/c1-17-5-8-20(9-6-17)24(27)26(11-12-28-4)14-21-16-30-23(25-21)15-29-22-10-7-18(2)19(3)13-22/h5-10,13,16H,11-12,14-15H2,1-4H3. The first kappa shape index (κ1) is 22.0. The van der Waals surface area contributed by atoms with Crippen LogP contribution in [-0.2, 0) is 17.9 Å². The fourth-order valence-corrected chi connectivity index (χ4v) is 3.66. The average Bonchev–Trinajstić information content (AvgIpc) is 3.19. The highest BCUT2D eigenvalue weighted by Crippen LogP contribution is 2.20. The number of aryl methyl sites for hydroxylation is 3. The van der Waals surface area contributed by atoms with E-state index in [4.69, 9.17) is 9.47 Å². The Bertz CT molecular complexity index is 982. The predicted octanol–water partition coefficient (Wildman–Crippen LogP) is 4.94. The first-order chi connectivity index (χ1) is 14.5. The van der Waals surface area contributed by atoms with E-state index in [1.165, 1.54) is 11.1 Å². The van der Waals surface area contributed by atoms with E-state index in [0.29, 0.717) is 31.9 Å². The molecule has 0 atom stereocenters. The van der Waals surface area contributed by atoms with Crippen LogP contribution in [0.5, 0.6) is 5.75 Å². The zero-order valence-corrected chi connectivity index (χ0v) is 18.8. The first-order valence-electron chi connectivity index (χ1n) is 9.94. The number of carbonyl (C=O) groups excluding carboxylic acids is 1. The maximum Gasteiger partial charge on any atom is 0.254 e. The number of ether oxygens (including phenoxy) is 2. The fraction of sp³-hybridized carbons (Fsp3) is 0.333. The minimum atomic E-state index is -0.0204. The first-order valence-corrected chi connectivity index (χ1v) is 10.8. The molecule has 0 saturated carbocycles. The lowest BCUT2D eigenvalue weighted by molar-refractivity contribution is 0.0678. The number of amides is 1. The zero-order valence-electron chi connectivity index (χ0n) is 18.0. The van der Waals surface area contributed by atoms with Crippen LogP contribution >= 0.6 is 11.3 Å². The third-order valence-electron chi connectivity index (χ3n) is 4.94. The molecular weight excluding hydrogens is 396 g/mol. The van der Waals surface area contributed by atoms with Gasteiger partial charge < -0.3 is 14.4 Å². The van der Waals surface area contributed by atoms with Gasteiger partial charge in [-0.05, 0) is 56.2 Å². The van der Waals surface area contributed by atoms with Gasteiger partial charge in [0.1, 0.15) is 17.4 Å². The number of methoxy groups -OCH3 is 1. The Morgan fingerprint density at radius 2 is 1.83 bits per heavy atom. The number of thiazole rings is 1. The number of hydrogen-bond donors (Lipinski definition) is 0. The predicted molar refractivity (Wildman–Crippen MR) is 120 cm³/mol. The molecule has 0 saturated heterocycles. The zero-order chi connectivity index (χ0) is 21.5. The summed E-state index contributed by atoms with van der Waals surface area (Å²) in [7, 11) is 1.64. The molecule has 1 aromatic heterocycles. The second-order valence-electron chi connectivity index (χ2n) is 7.35. The molecule has 2 aromatic carbocycles. The largest absolute Gasteiger partial charge is 0.486 e. The van der Waals surface area contributed by atoms with E-state index < -0.39 is 0 Å². The Morgan fingerprint density at radius 3 is 2.53 bits per heavy atom. The van der Waals surface area contributed by atoms with Crippen molar-refractivity contribution < 1.29 is 14.3 Å². The molecule has 0 fully saturated rings. The molecule has 1 amide bonds. The number of rotatable bonds is 9. The van der Waals surface area contributed by atoms with E-state index in [9.17, 15) is 4.79 Å². The average molecular weight is 425 g/mol. The van der Waals surface area contributed by atoms with Gasteiger partial charge in [-0.3, -0.25) is 4.79 Å². The number of hydrogen-bond acceptors (Lipinski definition) is 5. The van der Waals surface area contributed by atoms with Gasteiger partial charge in [0.15, 0.2) is 0 Å². The maximum absolute atomic E-state index is 13.0. The van der Waals surface area contributed by atoms with Crippen LogP contribution in [0.2, 0.25) is 0 Å². The van der Waals surface area contributed by atoms with E-state index in [-0.39, 0.29) is 5.91 Å². The van der Waals surface area contributed by atoms with Gasteiger partial charge in [-0.25, -0.2) is 4.98 Å². The lowest BCUT2D eigenvalue weighted by Crippen LogP contribution is -2.33. The van der Waals surface area contributed by atoms with Gasteiger partial charge in [0.2, 0.25) is 0 Å². The molecule has 0 N–H and O–H groups in total. The second kappa shape index (κ2) is 10.4. The minimum absolute atomic E-state index is 0.0204. The Balaban J connectivity index is 1.64. The summed E-state index contributed by atoms with van der Waals surface area (Å²) >= 11 is 1.55. The minimum Gasteiger partial charge on any atom is -0.486 e. The van der Waals surface area contributed by atoms with Crippen molar-refractivity contribution in [2.24, 2.45) is 0 Å². The van der Waals surface area contributed by atoms with E-state index >= 15 is 0 Å². The van der Waals surface area contributed by atoms with E-state index in [2.05, 4.69) is 24.9 Å². The summed E-state index contributed by atoms with van der Waals surface area (Å²) in [5.74, 6) is 0.819. The van der Waals surface area contributed by atoms with Crippen LogP contribution in [0.25, 0.3) is 0 Å². The van der Waals surface area contributed by atoms with Crippen LogP contribution in [0.1, 0.15) is 37.7 Å². The van der Waals surface area contributed by atoms with Crippen LogP contribution in [0, 0.1) is 20.8 Å². The summed E-state index contributed by atoms with van der Waals surface area (Å²) < 4.78 is 11.1. The Hall–Kier alpha value is -2.70. The summed E-state index contributed by atoms with van der Waals surface area (Å²) in [6, 6.07) is 13.7. The normalized spacial score (nSPS) is 10.8. The van der Waals surface area contributed by atoms with Gasteiger partial charge in [-0.1, -0.05) is 23.8 Å². The number of nitrogens with zero attached hydrogens (tertiary/aromatic N) is 2. The third kappa shape index (κ3) is 5.90. The van der Waals surface area contributed by atoms with Gasteiger partial charge in [-0.15, -0.1) is 11.3 Å². The van der Waals surface area contributed by atoms with Gasteiger partial charge in [-0.2, -0.15) is 0 Å². The van der Waals surface area contributed by atoms with Gasteiger partial charge >= 0.3 is 0 Å². The number of benzene rings is 2. The van der Waals surface area contributed by atoms with Crippen molar-refractivity contribution in [1.82, 2.24) is 9.88 Å². The van der Waals surface area contributed by atoms with Crippen LogP contribution in [0.4, 0.5) is 0 Å². The molecule has 0 unspecified atom stereocenters. The van der Waals surface area contributed by atoms with Gasteiger partial charge in [0.25, 0.3) is 5.91 Å². The summed E-state index contributed by atoms with van der Waals surface area (Å²) in [5.41, 5.74) is 5.10. The van der Waals surface area contributed by atoms with E-state index in [0.717, 1.165) is 22.0 Å². The molecule has 0 aliphatic heterocycles. The van der Waals surface area contributed by atoms with Gasteiger partial charge in [0.05, 0.1) is 18.8 Å². The highest BCUT2D eigenvalue weighted by Gasteiger charge is 2.17. The topological polar surface area (TPSA) is 51.7 Å². The smallest absolute Gasteiger partial charge is 0.254 e. The number of aromatic nitrogens is 1. The monoisotopic (exact) mass is 424 g/mol. The molecule has 1 heterocycles. The van der Waals surface area contributed by atoms with Crippen molar-refractivity contribution in [2.45, 2.75) is 33.9 Å². The quantitative estimate of drug-likeness (QED) is 0.488. The van der Waals surface area contributed by atoms with Crippen molar-refractivity contribution in [3.05, 3.63) is 80.8 Å². The summed E-state index contributed by atoms with van der Waals surface area (Å²) in [4.78, 5) is 19.4. The van der Waals surface area contributed by atoms with Crippen molar-refractivity contribution >= 4 is 17.2 Å². The molecule has 6 heteroatoms. The second-order valence-corrected chi connectivity index (χ2v) is 8.30. The highest BCUT2D eigenvalue weighted by atomic mass is 32.1. The molecule has 30 heavy (non-hydrogen) atoms. The molecule has 0 aliphatic carbocycles. The molecule has 5 nitrogen and oxygen atoms in total. The van der Waals surface area contributed by atoms with Crippen molar-refractivity contribution in [2.75, 3.05) is 20.3 Å². The molecule has 0 bridgehead atoms. The summed E-state index contributed by atoms with van der Waals surface area (Å²) in [6.07, 6.45) is 0. The summed E-state index contributed by atoms with van der Waals surface area (Å²) in [5, 5.41) is 2.87. The highest BCUT2D eigenvalue weighted by molar-refractivity contribution is 7.09. The van der Waals surface area contributed by atoms with Crippen molar-refractivity contribution in [1.29, 1.82) is 0 Å². The molecule has 3 aromatic rings. The molecule has 0 radical (unpaired) electrons. The van der Waals surface area contributed by atoms with Crippen LogP contribution in [-0.4, -0.2) is 36.1 Å². The van der Waals surface area contributed by atoms with E-state index in [1.807, 2.05) is 48.7 Å². The molecule has 3 rings (SSSR count). The molecule has 0 spiro atoms.